The van der Waals surface area contributed by atoms with Crippen LogP contribution in [0.3, 0.4) is 0 Å². The van der Waals surface area contributed by atoms with Crippen molar-refractivity contribution in [2.24, 2.45) is 0 Å². The molecule has 10 heteroatoms. The number of hydrogen-bond acceptors (Lipinski definition) is 7. The van der Waals surface area contributed by atoms with E-state index in [4.69, 9.17) is 25.8 Å². The van der Waals surface area contributed by atoms with Crippen LogP contribution >= 0.6 is 11.6 Å². The molecule has 2 aliphatic rings. The minimum absolute atomic E-state index is 0.00418. The molecule has 0 spiro atoms. The largest absolute Gasteiger partial charge is 0.493 e. The summed E-state index contributed by atoms with van der Waals surface area (Å²) in [5, 5.41) is 16.4. The van der Waals surface area contributed by atoms with Crippen LogP contribution in [0.15, 0.2) is 36.7 Å². The number of anilines is 2. The maximum Gasteiger partial charge on any atom is 0.255 e. The maximum atomic E-state index is 13.1. The van der Waals surface area contributed by atoms with Crippen LogP contribution in [0.25, 0.3) is 11.3 Å². The highest BCUT2D eigenvalue weighted by atomic mass is 35.5. The number of para-hydroxylation sites is 1. The molecule has 0 bridgehead atoms. The second-order valence-corrected chi connectivity index (χ2v) is 9.25. The summed E-state index contributed by atoms with van der Waals surface area (Å²) >= 11 is 6.37. The van der Waals surface area contributed by atoms with Crippen molar-refractivity contribution in [3.05, 3.63) is 52.9 Å². The molecular weight excluding hydrogens is 484 g/mol. The number of aliphatic hydroxyl groups is 1. The number of H-pyrrole nitrogens is 1. The van der Waals surface area contributed by atoms with Crippen molar-refractivity contribution in [3.8, 4) is 22.8 Å². The summed E-state index contributed by atoms with van der Waals surface area (Å²) in [4.78, 5) is 20.9. The second-order valence-electron chi connectivity index (χ2n) is 8.85. The van der Waals surface area contributed by atoms with E-state index in [1.807, 2.05) is 18.2 Å². The molecule has 0 aliphatic carbocycles. The SMILES string of the molecule is COc1c(Cl)cccc1Nc1c(-c2ccncc2OC[C@@H]2CCCO2)[nH]c2c1C(=O)NCC2CCO. The number of halogens is 1. The van der Waals surface area contributed by atoms with Gasteiger partial charge in [0, 0.05) is 43.1 Å². The Labute approximate surface area is 214 Å². The van der Waals surface area contributed by atoms with Crippen molar-refractivity contribution in [1.82, 2.24) is 15.3 Å². The molecule has 190 valence electrons. The van der Waals surface area contributed by atoms with Crippen molar-refractivity contribution in [1.29, 1.82) is 0 Å². The summed E-state index contributed by atoms with van der Waals surface area (Å²) in [6, 6.07) is 7.23. The van der Waals surface area contributed by atoms with Gasteiger partial charge in [-0.05, 0) is 37.5 Å². The number of aromatic nitrogens is 2. The van der Waals surface area contributed by atoms with Gasteiger partial charge in [-0.2, -0.15) is 0 Å². The van der Waals surface area contributed by atoms with Gasteiger partial charge < -0.3 is 34.9 Å². The van der Waals surface area contributed by atoms with Gasteiger partial charge in [0.25, 0.3) is 5.91 Å². The number of methoxy groups -OCH3 is 1. The van der Waals surface area contributed by atoms with Crippen LogP contribution in [0, 0.1) is 0 Å². The lowest BCUT2D eigenvalue weighted by molar-refractivity contribution is 0.0680. The first-order valence-corrected chi connectivity index (χ1v) is 12.4. The van der Waals surface area contributed by atoms with Crippen LogP contribution < -0.4 is 20.1 Å². The highest BCUT2D eigenvalue weighted by molar-refractivity contribution is 6.32. The number of hydrogen-bond donors (Lipinski definition) is 4. The third-order valence-electron chi connectivity index (χ3n) is 6.58. The Morgan fingerprint density at radius 2 is 2.22 bits per heavy atom. The highest BCUT2D eigenvalue weighted by Gasteiger charge is 2.33. The van der Waals surface area contributed by atoms with Crippen LogP contribution in [0.4, 0.5) is 11.4 Å². The number of carbonyl (C=O) groups is 1. The molecule has 0 saturated carbocycles. The van der Waals surface area contributed by atoms with Gasteiger partial charge in [-0.25, -0.2) is 0 Å². The number of ether oxygens (including phenoxy) is 3. The van der Waals surface area contributed by atoms with Gasteiger partial charge in [-0.15, -0.1) is 0 Å². The van der Waals surface area contributed by atoms with Gasteiger partial charge in [0.15, 0.2) is 5.75 Å². The van der Waals surface area contributed by atoms with Crippen LogP contribution in [-0.2, 0) is 4.74 Å². The van der Waals surface area contributed by atoms with Gasteiger partial charge in [0.1, 0.15) is 12.4 Å². The topological polar surface area (TPSA) is 118 Å². The Hall–Kier alpha value is -3.27. The summed E-state index contributed by atoms with van der Waals surface area (Å²) in [7, 11) is 1.55. The molecular formula is C26H29ClN4O5. The zero-order chi connectivity index (χ0) is 25.1. The predicted octanol–water partition coefficient (Wildman–Crippen LogP) is 4.25. The normalized spacial score (nSPS) is 19.0. The van der Waals surface area contributed by atoms with Crippen molar-refractivity contribution in [2.75, 3.05) is 38.8 Å². The Bertz CT molecular complexity index is 1240. The molecule has 4 heterocycles. The van der Waals surface area contributed by atoms with E-state index in [-0.39, 0.29) is 24.5 Å². The molecule has 2 atom stereocenters. The van der Waals surface area contributed by atoms with E-state index in [0.29, 0.717) is 58.7 Å². The molecule has 3 aromatic rings. The molecule has 9 nitrogen and oxygen atoms in total. The summed E-state index contributed by atoms with van der Waals surface area (Å²) in [6.45, 7) is 1.60. The average Bonchev–Trinajstić information content (AvgIpc) is 3.54. The highest BCUT2D eigenvalue weighted by Crippen LogP contribution is 2.44. The number of fused-ring (bicyclic) bond motifs is 1. The molecule has 4 N–H and O–H groups in total. The standard InChI is InChI=1S/C26H29ClN4O5/c1-34-25-18(27)5-2-6-19(25)30-24-21-22(15(8-10-32)12-29-26(21)33)31-23(24)17-7-9-28-13-20(17)36-14-16-4-3-11-35-16/h2,5-7,9,13,15-16,30-32H,3-4,8,10-12,14H2,1H3,(H,29,33)/t15?,16-/m0/s1. The summed E-state index contributed by atoms with van der Waals surface area (Å²) in [6.07, 6.45) is 5.88. The maximum absolute atomic E-state index is 13.1. The fourth-order valence-electron chi connectivity index (χ4n) is 4.81. The number of aliphatic hydroxyl groups excluding tert-OH is 1. The first kappa shape index (κ1) is 24.4. The third kappa shape index (κ3) is 4.74. The Balaban J connectivity index is 1.62. The molecule has 5 rings (SSSR count). The lowest BCUT2D eigenvalue weighted by Gasteiger charge is -2.23. The van der Waals surface area contributed by atoms with Gasteiger partial charge in [0.05, 0.1) is 47.1 Å². The van der Waals surface area contributed by atoms with Crippen LogP contribution in [0.1, 0.15) is 41.2 Å². The van der Waals surface area contributed by atoms with E-state index in [2.05, 4.69) is 20.6 Å². The predicted molar refractivity (Wildman–Crippen MR) is 137 cm³/mol. The third-order valence-corrected chi connectivity index (χ3v) is 6.88. The van der Waals surface area contributed by atoms with E-state index in [9.17, 15) is 9.90 Å². The van der Waals surface area contributed by atoms with Gasteiger partial charge in [0.2, 0.25) is 0 Å². The number of nitrogens with one attached hydrogen (secondary N) is 3. The molecule has 1 saturated heterocycles. The van der Waals surface area contributed by atoms with Crippen molar-refractivity contribution in [3.63, 3.8) is 0 Å². The molecule has 36 heavy (non-hydrogen) atoms. The van der Waals surface area contributed by atoms with Crippen LogP contribution in [-0.4, -0.2) is 60.6 Å². The number of benzene rings is 1. The van der Waals surface area contributed by atoms with E-state index in [0.717, 1.165) is 30.7 Å². The number of carbonyl (C=O) groups excluding carboxylic acids is 1. The second kappa shape index (κ2) is 10.8. The summed E-state index contributed by atoms with van der Waals surface area (Å²) < 4.78 is 17.4. The quantitative estimate of drug-likeness (QED) is 0.338. The van der Waals surface area contributed by atoms with Gasteiger partial charge >= 0.3 is 0 Å². The molecule has 2 aromatic heterocycles. The minimum atomic E-state index is -0.207. The molecule has 2 aliphatic heterocycles. The number of pyridine rings is 1. The monoisotopic (exact) mass is 512 g/mol. The summed E-state index contributed by atoms with van der Waals surface area (Å²) in [5.41, 5.74) is 3.84. The lowest BCUT2D eigenvalue weighted by Crippen LogP contribution is -2.35. The number of aromatic amines is 1. The minimum Gasteiger partial charge on any atom is -0.493 e. The first-order valence-electron chi connectivity index (χ1n) is 12.0. The zero-order valence-corrected chi connectivity index (χ0v) is 20.7. The van der Waals surface area contributed by atoms with Gasteiger partial charge in [-0.3, -0.25) is 9.78 Å². The van der Waals surface area contributed by atoms with Crippen LogP contribution in [0.2, 0.25) is 5.02 Å². The number of rotatable bonds is 9. The Morgan fingerprint density at radius 3 is 3.00 bits per heavy atom. The molecule has 1 unspecified atom stereocenters. The average molecular weight is 513 g/mol. The van der Waals surface area contributed by atoms with E-state index in [1.54, 1.807) is 25.6 Å². The Kier molecular flexibility index (Phi) is 7.31. The number of amides is 1. The van der Waals surface area contributed by atoms with Crippen molar-refractivity contribution in [2.45, 2.75) is 31.3 Å². The summed E-state index contributed by atoms with van der Waals surface area (Å²) in [5.74, 6) is 0.761. The lowest BCUT2D eigenvalue weighted by atomic mass is 9.94. The fourth-order valence-corrected chi connectivity index (χ4v) is 5.06. The molecule has 1 fully saturated rings. The van der Waals surface area contributed by atoms with E-state index in [1.165, 1.54) is 0 Å². The molecule has 1 amide bonds. The van der Waals surface area contributed by atoms with Gasteiger partial charge in [-0.1, -0.05) is 17.7 Å². The smallest absolute Gasteiger partial charge is 0.255 e. The van der Waals surface area contributed by atoms with Crippen molar-refractivity contribution < 1.29 is 24.1 Å². The van der Waals surface area contributed by atoms with Crippen molar-refractivity contribution >= 4 is 28.9 Å². The first-order chi connectivity index (χ1) is 17.6. The Morgan fingerprint density at radius 1 is 1.33 bits per heavy atom. The van der Waals surface area contributed by atoms with E-state index < -0.39 is 0 Å². The fraction of sp³-hybridized carbons (Fsp3) is 0.385. The number of nitrogens with zero attached hydrogens (tertiary/aromatic N) is 1. The molecule has 0 radical (unpaired) electrons. The molecule has 1 aromatic carbocycles. The van der Waals surface area contributed by atoms with E-state index >= 15 is 0 Å². The van der Waals surface area contributed by atoms with Crippen LogP contribution in [0.5, 0.6) is 11.5 Å². The zero-order valence-electron chi connectivity index (χ0n) is 20.0.